The Bertz CT molecular complexity index is 1180. The maximum absolute atomic E-state index is 12.5. The zero-order valence-corrected chi connectivity index (χ0v) is 49.1. The molecule has 2 unspecified atom stereocenters. The number of unbranched alkanes of at least 4 members (excludes halogenated alkanes) is 45. The van der Waals surface area contributed by atoms with Crippen LogP contribution in [0.5, 0.6) is 0 Å². The summed E-state index contributed by atoms with van der Waals surface area (Å²) in [7, 11) is 0. The summed E-state index contributed by atoms with van der Waals surface area (Å²) in [6.07, 6.45) is 78.7. The minimum atomic E-state index is -0.672. The van der Waals surface area contributed by atoms with E-state index in [2.05, 4.69) is 55.6 Å². The van der Waals surface area contributed by atoms with Gasteiger partial charge < -0.3 is 20.3 Å². The SMILES string of the molecule is CCCCCCCCC/C=C\CCCCCCCCCC(=O)OCCCCC/C=C\C=C/CCCCCCCCCCCCC(=O)NC(CO)C(O)CCCCCCCCCCCCCCCCCCCCC. The molecule has 0 bridgehead atoms. The van der Waals surface area contributed by atoms with E-state index in [0.29, 0.717) is 25.9 Å². The second kappa shape index (κ2) is 62.6. The molecule has 0 heterocycles. The third-order valence-electron chi connectivity index (χ3n) is 15.2. The van der Waals surface area contributed by atoms with Crippen LogP contribution in [0.4, 0.5) is 0 Å². The highest BCUT2D eigenvalue weighted by Gasteiger charge is 2.20. The molecule has 0 aromatic carbocycles. The van der Waals surface area contributed by atoms with E-state index >= 15 is 0 Å². The van der Waals surface area contributed by atoms with Gasteiger partial charge in [0.1, 0.15) is 0 Å². The lowest BCUT2D eigenvalue weighted by atomic mass is 10.0. The zero-order chi connectivity index (χ0) is 52.9. The molecule has 2 atom stereocenters. The number of amides is 1. The summed E-state index contributed by atoms with van der Waals surface area (Å²) in [6, 6.07) is -0.550. The molecule has 430 valence electrons. The number of rotatable bonds is 61. The number of aliphatic hydroxyl groups excluding tert-OH is 2. The van der Waals surface area contributed by atoms with Crippen LogP contribution in [0, 0.1) is 0 Å². The molecule has 0 rings (SSSR count). The van der Waals surface area contributed by atoms with Crippen LogP contribution < -0.4 is 5.32 Å². The molecule has 0 fully saturated rings. The van der Waals surface area contributed by atoms with Gasteiger partial charge in [0, 0.05) is 12.8 Å². The summed E-state index contributed by atoms with van der Waals surface area (Å²) in [6.45, 7) is 4.93. The fourth-order valence-electron chi connectivity index (χ4n) is 10.2. The second-order valence-electron chi connectivity index (χ2n) is 22.5. The summed E-state index contributed by atoms with van der Waals surface area (Å²) in [5.41, 5.74) is 0. The molecule has 0 saturated carbocycles. The number of ether oxygens (including phenoxy) is 1. The standard InChI is InChI=1S/C67H127NO5/c1-3-5-7-9-11-13-15-17-19-21-24-27-31-35-39-43-47-51-55-59-65(70)64(63-69)68-66(71)60-56-52-48-44-40-36-32-28-25-23-26-30-34-38-42-46-50-54-58-62-73-67(72)61-57-53-49-45-41-37-33-29-22-20-18-16-14-12-10-8-6-4-2/h20,22,30,34,38,42,64-65,69-70H,3-19,21,23-29,31-33,35-37,39-41,43-63H2,1-2H3,(H,68,71)/b22-20-,34-30-,42-38-. The van der Waals surface area contributed by atoms with Crippen LogP contribution in [0.3, 0.4) is 0 Å². The number of carbonyl (C=O) groups is 2. The number of esters is 1. The van der Waals surface area contributed by atoms with Crippen molar-refractivity contribution in [2.75, 3.05) is 13.2 Å². The van der Waals surface area contributed by atoms with Crippen LogP contribution in [-0.4, -0.2) is 47.4 Å². The Morgan fingerprint density at radius 3 is 1.05 bits per heavy atom. The minimum absolute atomic E-state index is 0.0157. The molecule has 0 aromatic rings. The number of allylic oxidation sites excluding steroid dienone is 6. The van der Waals surface area contributed by atoms with Crippen molar-refractivity contribution in [1.29, 1.82) is 0 Å². The van der Waals surface area contributed by atoms with E-state index in [9.17, 15) is 19.8 Å². The van der Waals surface area contributed by atoms with Crippen molar-refractivity contribution in [3.63, 3.8) is 0 Å². The molecular weight excluding hydrogens is 899 g/mol. The third-order valence-corrected chi connectivity index (χ3v) is 15.2. The summed E-state index contributed by atoms with van der Waals surface area (Å²) in [5.74, 6) is -0.0580. The maximum atomic E-state index is 12.5. The first-order valence-electron chi connectivity index (χ1n) is 32.8. The van der Waals surface area contributed by atoms with Gasteiger partial charge >= 0.3 is 5.97 Å². The first kappa shape index (κ1) is 71.1. The third kappa shape index (κ3) is 59.2. The highest BCUT2D eigenvalue weighted by atomic mass is 16.5. The average Bonchev–Trinajstić information content (AvgIpc) is 3.39. The normalized spacial score (nSPS) is 12.8. The Morgan fingerprint density at radius 2 is 0.685 bits per heavy atom. The van der Waals surface area contributed by atoms with E-state index in [-0.39, 0.29) is 18.5 Å². The highest BCUT2D eigenvalue weighted by molar-refractivity contribution is 5.76. The smallest absolute Gasteiger partial charge is 0.305 e. The van der Waals surface area contributed by atoms with Gasteiger partial charge in [0.15, 0.2) is 0 Å². The Morgan fingerprint density at radius 1 is 0.384 bits per heavy atom. The Hall–Kier alpha value is -1.92. The summed E-state index contributed by atoms with van der Waals surface area (Å²) in [5, 5.41) is 23.4. The lowest BCUT2D eigenvalue weighted by Crippen LogP contribution is -2.45. The molecule has 6 heteroatoms. The van der Waals surface area contributed by atoms with E-state index in [4.69, 9.17) is 4.74 Å². The van der Waals surface area contributed by atoms with Gasteiger partial charge in [0.25, 0.3) is 0 Å². The molecule has 0 aromatic heterocycles. The predicted molar refractivity (Wildman–Crippen MR) is 319 cm³/mol. The van der Waals surface area contributed by atoms with Gasteiger partial charge in [-0.05, 0) is 83.5 Å². The van der Waals surface area contributed by atoms with E-state index < -0.39 is 12.1 Å². The van der Waals surface area contributed by atoms with Crippen molar-refractivity contribution in [3.05, 3.63) is 36.5 Å². The monoisotopic (exact) mass is 1030 g/mol. The number of hydrogen-bond donors (Lipinski definition) is 3. The lowest BCUT2D eigenvalue weighted by molar-refractivity contribution is -0.143. The molecule has 3 N–H and O–H groups in total. The first-order valence-corrected chi connectivity index (χ1v) is 32.8. The molecule has 0 radical (unpaired) electrons. The topological polar surface area (TPSA) is 95.9 Å². The van der Waals surface area contributed by atoms with Crippen molar-refractivity contribution in [1.82, 2.24) is 5.32 Å². The summed E-state index contributed by atoms with van der Waals surface area (Å²) >= 11 is 0. The van der Waals surface area contributed by atoms with Crippen molar-refractivity contribution >= 4 is 11.9 Å². The molecule has 0 saturated heterocycles. The number of hydrogen-bond acceptors (Lipinski definition) is 5. The summed E-state index contributed by atoms with van der Waals surface area (Å²) < 4.78 is 5.47. The fraction of sp³-hybridized carbons (Fsp3) is 0.881. The molecule has 6 nitrogen and oxygen atoms in total. The van der Waals surface area contributed by atoms with Gasteiger partial charge in [-0.25, -0.2) is 0 Å². The van der Waals surface area contributed by atoms with Crippen LogP contribution in [0.1, 0.15) is 354 Å². The van der Waals surface area contributed by atoms with Crippen LogP contribution in [-0.2, 0) is 14.3 Å². The second-order valence-corrected chi connectivity index (χ2v) is 22.5. The van der Waals surface area contributed by atoms with Gasteiger partial charge in [0.2, 0.25) is 5.91 Å². The number of aliphatic hydroxyl groups is 2. The van der Waals surface area contributed by atoms with E-state index in [1.54, 1.807) is 0 Å². The molecule has 0 aliphatic rings. The largest absolute Gasteiger partial charge is 0.466 e. The van der Waals surface area contributed by atoms with E-state index in [1.165, 1.54) is 250 Å². The first-order chi connectivity index (χ1) is 36.0. The summed E-state index contributed by atoms with van der Waals surface area (Å²) in [4.78, 5) is 24.6. The fourth-order valence-corrected chi connectivity index (χ4v) is 10.2. The van der Waals surface area contributed by atoms with Crippen molar-refractivity contribution in [3.8, 4) is 0 Å². The van der Waals surface area contributed by atoms with E-state index in [1.807, 2.05) is 0 Å². The van der Waals surface area contributed by atoms with Crippen LogP contribution in [0.15, 0.2) is 36.5 Å². The molecule has 0 aliphatic heterocycles. The average molecular weight is 1030 g/mol. The van der Waals surface area contributed by atoms with Crippen molar-refractivity contribution < 1.29 is 24.5 Å². The van der Waals surface area contributed by atoms with Gasteiger partial charge in [-0.2, -0.15) is 0 Å². The Balaban J connectivity index is 3.46. The van der Waals surface area contributed by atoms with Gasteiger partial charge in [0.05, 0.1) is 25.4 Å². The Kier molecular flexibility index (Phi) is 61.0. The van der Waals surface area contributed by atoms with Crippen LogP contribution >= 0.6 is 0 Å². The number of carbonyl (C=O) groups excluding carboxylic acids is 2. The van der Waals surface area contributed by atoms with Gasteiger partial charge in [-0.3, -0.25) is 9.59 Å². The minimum Gasteiger partial charge on any atom is -0.466 e. The number of nitrogens with one attached hydrogen (secondary N) is 1. The highest BCUT2D eigenvalue weighted by Crippen LogP contribution is 2.18. The maximum Gasteiger partial charge on any atom is 0.305 e. The van der Waals surface area contributed by atoms with E-state index in [0.717, 1.165) is 70.6 Å². The Labute approximate surface area is 455 Å². The van der Waals surface area contributed by atoms with Crippen molar-refractivity contribution in [2.24, 2.45) is 0 Å². The van der Waals surface area contributed by atoms with Crippen LogP contribution in [0.25, 0.3) is 0 Å². The molecule has 73 heavy (non-hydrogen) atoms. The zero-order valence-electron chi connectivity index (χ0n) is 49.1. The van der Waals surface area contributed by atoms with Crippen LogP contribution in [0.2, 0.25) is 0 Å². The molecular formula is C67H127NO5. The molecule has 0 aliphatic carbocycles. The van der Waals surface area contributed by atoms with Gasteiger partial charge in [-0.1, -0.05) is 294 Å². The molecule has 1 amide bonds. The lowest BCUT2D eigenvalue weighted by Gasteiger charge is -2.22. The predicted octanol–water partition coefficient (Wildman–Crippen LogP) is 20.8. The quantitative estimate of drug-likeness (QED) is 0.0244. The van der Waals surface area contributed by atoms with Gasteiger partial charge in [-0.15, -0.1) is 0 Å². The van der Waals surface area contributed by atoms with Crippen molar-refractivity contribution in [2.45, 2.75) is 366 Å². The molecule has 0 spiro atoms.